The maximum Gasteiger partial charge on any atom is 0.335 e. The molecule has 1 amide bonds. The Labute approximate surface area is 110 Å². The van der Waals surface area contributed by atoms with Gasteiger partial charge in [0.25, 0.3) is 5.91 Å². The van der Waals surface area contributed by atoms with Crippen LogP contribution in [-0.2, 0) is 0 Å². The van der Waals surface area contributed by atoms with E-state index in [1.807, 2.05) is 0 Å². The van der Waals surface area contributed by atoms with Crippen LogP contribution < -0.4 is 0 Å². The van der Waals surface area contributed by atoms with Crippen molar-refractivity contribution in [1.82, 2.24) is 4.90 Å². The van der Waals surface area contributed by atoms with Gasteiger partial charge < -0.3 is 10.0 Å². The van der Waals surface area contributed by atoms with Crippen molar-refractivity contribution in [1.29, 1.82) is 0 Å². The number of hydrogen-bond acceptors (Lipinski definition) is 2. The highest BCUT2D eigenvalue weighted by atomic mass is 19.1. The standard InChI is InChI=1S/C14H16FNO3/c1-9-3-2-6-16(8-9)13(17)11-5-4-10(14(18)19)7-12(11)15/h4-5,7,9H,2-3,6,8H2,1H3,(H,18,19). The van der Waals surface area contributed by atoms with Gasteiger partial charge in [0.05, 0.1) is 11.1 Å². The smallest absolute Gasteiger partial charge is 0.335 e. The van der Waals surface area contributed by atoms with E-state index in [1.54, 1.807) is 4.90 Å². The zero-order valence-electron chi connectivity index (χ0n) is 10.7. The van der Waals surface area contributed by atoms with E-state index < -0.39 is 11.8 Å². The Morgan fingerprint density at radius 2 is 2.16 bits per heavy atom. The third-order valence-corrected chi connectivity index (χ3v) is 3.39. The minimum absolute atomic E-state index is 0.0564. The van der Waals surface area contributed by atoms with E-state index in [0.717, 1.165) is 18.9 Å². The van der Waals surface area contributed by atoms with E-state index >= 15 is 0 Å². The second-order valence-electron chi connectivity index (χ2n) is 5.00. The fourth-order valence-electron chi connectivity index (χ4n) is 2.37. The highest BCUT2D eigenvalue weighted by Crippen LogP contribution is 2.19. The van der Waals surface area contributed by atoms with Crippen molar-refractivity contribution in [2.75, 3.05) is 13.1 Å². The number of carbonyl (C=O) groups excluding carboxylic acids is 1. The summed E-state index contributed by atoms with van der Waals surface area (Å²) in [5, 5.41) is 8.76. The lowest BCUT2D eigenvalue weighted by Crippen LogP contribution is -2.39. The summed E-state index contributed by atoms with van der Waals surface area (Å²) in [6.07, 6.45) is 1.99. The van der Waals surface area contributed by atoms with E-state index in [0.29, 0.717) is 19.0 Å². The molecule has 1 saturated heterocycles. The highest BCUT2D eigenvalue weighted by molar-refractivity contribution is 5.96. The van der Waals surface area contributed by atoms with Crippen molar-refractivity contribution in [3.05, 3.63) is 35.1 Å². The number of benzene rings is 1. The van der Waals surface area contributed by atoms with Crippen LogP contribution in [0.2, 0.25) is 0 Å². The van der Waals surface area contributed by atoms with Crippen molar-refractivity contribution in [3.8, 4) is 0 Å². The summed E-state index contributed by atoms with van der Waals surface area (Å²) in [6, 6.07) is 3.40. The van der Waals surface area contributed by atoms with E-state index in [1.165, 1.54) is 12.1 Å². The molecule has 0 bridgehead atoms. The molecule has 0 radical (unpaired) electrons. The second-order valence-corrected chi connectivity index (χ2v) is 5.00. The van der Waals surface area contributed by atoms with Crippen LogP contribution in [0.25, 0.3) is 0 Å². The molecule has 1 heterocycles. The van der Waals surface area contributed by atoms with E-state index in [4.69, 9.17) is 5.11 Å². The minimum Gasteiger partial charge on any atom is -0.478 e. The van der Waals surface area contributed by atoms with Crippen molar-refractivity contribution >= 4 is 11.9 Å². The first-order chi connectivity index (χ1) is 8.99. The van der Waals surface area contributed by atoms with Gasteiger partial charge in [-0.2, -0.15) is 0 Å². The SMILES string of the molecule is CC1CCCN(C(=O)c2ccc(C(=O)O)cc2F)C1. The number of nitrogens with zero attached hydrogens (tertiary/aromatic N) is 1. The van der Waals surface area contributed by atoms with Crippen LogP contribution in [-0.4, -0.2) is 35.0 Å². The minimum atomic E-state index is -1.20. The maximum atomic E-state index is 13.8. The monoisotopic (exact) mass is 265 g/mol. The largest absolute Gasteiger partial charge is 0.478 e. The first-order valence-electron chi connectivity index (χ1n) is 6.31. The number of carboxylic acids is 1. The molecule has 1 aromatic carbocycles. The zero-order chi connectivity index (χ0) is 14.0. The topological polar surface area (TPSA) is 57.6 Å². The molecule has 1 unspecified atom stereocenters. The molecule has 1 fully saturated rings. The molecular weight excluding hydrogens is 249 g/mol. The lowest BCUT2D eigenvalue weighted by atomic mass is 9.99. The Hall–Kier alpha value is -1.91. The maximum absolute atomic E-state index is 13.8. The average molecular weight is 265 g/mol. The molecular formula is C14H16FNO3. The lowest BCUT2D eigenvalue weighted by Gasteiger charge is -2.31. The Morgan fingerprint density at radius 1 is 1.42 bits per heavy atom. The number of carboxylic acid groups (broad SMARTS) is 1. The van der Waals surface area contributed by atoms with Crippen LogP contribution in [0.4, 0.5) is 4.39 Å². The van der Waals surface area contributed by atoms with Gasteiger partial charge in [0.15, 0.2) is 0 Å². The molecule has 0 aliphatic carbocycles. The molecule has 1 aliphatic heterocycles. The number of likely N-dealkylation sites (tertiary alicyclic amines) is 1. The number of rotatable bonds is 2. The predicted octanol–water partition coefficient (Wildman–Crippen LogP) is 2.40. The predicted molar refractivity (Wildman–Crippen MR) is 67.7 cm³/mol. The van der Waals surface area contributed by atoms with Gasteiger partial charge in [0.2, 0.25) is 0 Å². The molecule has 102 valence electrons. The van der Waals surface area contributed by atoms with Crippen molar-refractivity contribution in [3.63, 3.8) is 0 Å². The highest BCUT2D eigenvalue weighted by Gasteiger charge is 2.24. The number of piperidine rings is 1. The van der Waals surface area contributed by atoms with Gasteiger partial charge >= 0.3 is 5.97 Å². The average Bonchev–Trinajstić information content (AvgIpc) is 2.37. The lowest BCUT2D eigenvalue weighted by molar-refractivity contribution is 0.0670. The van der Waals surface area contributed by atoms with Crippen LogP contribution in [0.5, 0.6) is 0 Å². The van der Waals surface area contributed by atoms with Crippen LogP contribution in [0.15, 0.2) is 18.2 Å². The molecule has 1 aliphatic rings. The van der Waals surface area contributed by atoms with E-state index in [-0.39, 0.29) is 17.0 Å². The molecule has 4 nitrogen and oxygen atoms in total. The summed E-state index contributed by atoms with van der Waals surface area (Å²) >= 11 is 0. The summed E-state index contributed by atoms with van der Waals surface area (Å²) in [5.41, 5.74) is -0.208. The van der Waals surface area contributed by atoms with Gasteiger partial charge in [-0.05, 0) is 37.0 Å². The Kier molecular flexibility index (Phi) is 3.83. The van der Waals surface area contributed by atoms with E-state index in [2.05, 4.69) is 6.92 Å². The number of amides is 1. The van der Waals surface area contributed by atoms with E-state index in [9.17, 15) is 14.0 Å². The number of hydrogen-bond donors (Lipinski definition) is 1. The van der Waals surface area contributed by atoms with Crippen molar-refractivity contribution in [2.24, 2.45) is 5.92 Å². The number of aromatic carboxylic acids is 1. The Morgan fingerprint density at radius 3 is 2.74 bits per heavy atom. The summed E-state index contributed by atoms with van der Waals surface area (Å²) in [7, 11) is 0. The summed E-state index contributed by atoms with van der Waals surface area (Å²) < 4.78 is 13.8. The molecule has 1 N–H and O–H groups in total. The molecule has 0 spiro atoms. The van der Waals surface area contributed by atoms with Gasteiger partial charge in [-0.25, -0.2) is 9.18 Å². The molecule has 2 rings (SSSR count). The third-order valence-electron chi connectivity index (χ3n) is 3.39. The molecule has 5 heteroatoms. The Balaban J connectivity index is 2.21. The second kappa shape index (κ2) is 5.38. The first kappa shape index (κ1) is 13.5. The van der Waals surface area contributed by atoms with Gasteiger partial charge in [-0.15, -0.1) is 0 Å². The van der Waals surface area contributed by atoms with Crippen LogP contribution in [0, 0.1) is 11.7 Å². The molecule has 1 atom stereocenters. The van der Waals surface area contributed by atoms with Gasteiger partial charge in [0, 0.05) is 13.1 Å². The fourth-order valence-corrected chi connectivity index (χ4v) is 2.37. The Bertz CT molecular complexity index is 515. The summed E-state index contributed by atoms with van der Waals surface area (Å²) in [4.78, 5) is 24.5. The summed E-state index contributed by atoms with van der Waals surface area (Å²) in [6.45, 7) is 3.31. The van der Waals surface area contributed by atoms with Gasteiger partial charge in [0.1, 0.15) is 5.82 Å². The quantitative estimate of drug-likeness (QED) is 0.893. The molecule has 0 aromatic heterocycles. The summed E-state index contributed by atoms with van der Waals surface area (Å²) in [5.74, 6) is -1.92. The van der Waals surface area contributed by atoms with Crippen molar-refractivity contribution in [2.45, 2.75) is 19.8 Å². The fraction of sp³-hybridized carbons (Fsp3) is 0.429. The van der Waals surface area contributed by atoms with Gasteiger partial charge in [-0.1, -0.05) is 6.92 Å². The molecule has 1 aromatic rings. The molecule has 0 saturated carbocycles. The third kappa shape index (κ3) is 2.92. The van der Waals surface area contributed by atoms with Crippen LogP contribution >= 0.6 is 0 Å². The molecule has 19 heavy (non-hydrogen) atoms. The van der Waals surface area contributed by atoms with Crippen LogP contribution in [0.3, 0.4) is 0 Å². The number of carbonyl (C=O) groups is 2. The van der Waals surface area contributed by atoms with Crippen LogP contribution in [0.1, 0.15) is 40.5 Å². The number of halogens is 1. The normalized spacial score (nSPS) is 19.3. The first-order valence-corrected chi connectivity index (χ1v) is 6.31. The van der Waals surface area contributed by atoms with Crippen molar-refractivity contribution < 1.29 is 19.1 Å². The van der Waals surface area contributed by atoms with Gasteiger partial charge in [-0.3, -0.25) is 4.79 Å². The zero-order valence-corrected chi connectivity index (χ0v) is 10.7.